The summed E-state index contributed by atoms with van der Waals surface area (Å²) in [7, 11) is 1.69. The van der Waals surface area contributed by atoms with Crippen LogP contribution in [0, 0.1) is 11.8 Å². The van der Waals surface area contributed by atoms with Crippen LogP contribution in [0.4, 0.5) is 0 Å². The van der Waals surface area contributed by atoms with Crippen molar-refractivity contribution in [2.75, 3.05) is 20.3 Å². The highest BCUT2D eigenvalue weighted by Crippen LogP contribution is 2.36. The van der Waals surface area contributed by atoms with Gasteiger partial charge in [0.15, 0.2) is 0 Å². The van der Waals surface area contributed by atoms with Crippen LogP contribution in [0.15, 0.2) is 0 Å². The average molecular weight is 254 g/mol. The molecular weight excluding hydrogens is 228 g/mol. The lowest BCUT2D eigenvalue weighted by Gasteiger charge is -2.31. The molecule has 4 heteroatoms. The molecule has 2 N–H and O–H groups in total. The molecule has 2 aliphatic carbocycles. The lowest BCUT2D eigenvalue weighted by atomic mass is 10.0. The maximum atomic E-state index is 12.6. The molecule has 3 atom stereocenters. The second kappa shape index (κ2) is 6.02. The first-order chi connectivity index (χ1) is 8.63. The molecule has 0 bridgehead atoms. The molecule has 1 amide bonds. The van der Waals surface area contributed by atoms with Gasteiger partial charge in [-0.1, -0.05) is 0 Å². The predicted molar refractivity (Wildman–Crippen MR) is 71.1 cm³/mol. The summed E-state index contributed by atoms with van der Waals surface area (Å²) in [6, 6.07) is 0.587. The van der Waals surface area contributed by atoms with E-state index in [1.165, 1.54) is 12.8 Å². The molecule has 0 heterocycles. The van der Waals surface area contributed by atoms with Gasteiger partial charge in [0.05, 0.1) is 6.61 Å². The quantitative estimate of drug-likeness (QED) is 0.779. The van der Waals surface area contributed by atoms with Crippen molar-refractivity contribution in [3.05, 3.63) is 0 Å². The van der Waals surface area contributed by atoms with Crippen molar-refractivity contribution in [1.82, 2.24) is 4.90 Å². The summed E-state index contributed by atoms with van der Waals surface area (Å²) in [6.07, 6.45) is 5.34. The first kappa shape index (κ1) is 13.8. The fourth-order valence-electron chi connectivity index (χ4n) is 3.01. The minimum Gasteiger partial charge on any atom is -0.383 e. The van der Waals surface area contributed by atoms with Gasteiger partial charge in [-0.25, -0.2) is 0 Å². The van der Waals surface area contributed by atoms with E-state index in [2.05, 4.69) is 6.92 Å². The third-order valence-electron chi connectivity index (χ3n) is 4.44. The van der Waals surface area contributed by atoms with Gasteiger partial charge < -0.3 is 15.4 Å². The Hall–Kier alpha value is -0.610. The van der Waals surface area contributed by atoms with Crippen molar-refractivity contribution in [3.8, 4) is 0 Å². The Morgan fingerprint density at radius 1 is 1.39 bits per heavy atom. The molecule has 3 unspecified atom stereocenters. The van der Waals surface area contributed by atoms with Crippen LogP contribution in [-0.2, 0) is 9.53 Å². The summed E-state index contributed by atoms with van der Waals surface area (Å²) in [4.78, 5) is 14.6. The van der Waals surface area contributed by atoms with Crippen molar-refractivity contribution in [3.63, 3.8) is 0 Å². The van der Waals surface area contributed by atoms with E-state index in [4.69, 9.17) is 10.5 Å². The van der Waals surface area contributed by atoms with Gasteiger partial charge in [0, 0.05) is 31.7 Å². The molecule has 2 saturated carbocycles. The van der Waals surface area contributed by atoms with E-state index in [0.29, 0.717) is 24.5 Å². The van der Waals surface area contributed by atoms with Gasteiger partial charge in [-0.2, -0.15) is 0 Å². The average Bonchev–Trinajstić information content (AvgIpc) is 3.11. The minimum absolute atomic E-state index is 0.151. The highest BCUT2D eigenvalue weighted by molar-refractivity contribution is 5.79. The van der Waals surface area contributed by atoms with Crippen LogP contribution in [-0.4, -0.2) is 43.2 Å². The van der Waals surface area contributed by atoms with Crippen LogP contribution >= 0.6 is 0 Å². The molecule has 0 aliphatic heterocycles. The Kier molecular flexibility index (Phi) is 4.62. The largest absolute Gasteiger partial charge is 0.383 e. The summed E-state index contributed by atoms with van der Waals surface area (Å²) in [5, 5.41) is 0. The van der Waals surface area contributed by atoms with Crippen LogP contribution < -0.4 is 5.73 Å². The lowest BCUT2D eigenvalue weighted by molar-refractivity contribution is -0.138. The Morgan fingerprint density at radius 2 is 2.11 bits per heavy atom. The summed E-state index contributed by atoms with van der Waals surface area (Å²) >= 11 is 0. The molecule has 104 valence electrons. The van der Waals surface area contributed by atoms with Gasteiger partial charge in [0.1, 0.15) is 0 Å². The molecule has 2 rings (SSSR count). The third kappa shape index (κ3) is 3.23. The molecule has 0 aromatic carbocycles. The summed E-state index contributed by atoms with van der Waals surface area (Å²) < 4.78 is 5.14. The Balaban J connectivity index is 1.95. The lowest BCUT2D eigenvalue weighted by Crippen LogP contribution is -2.44. The molecule has 0 spiro atoms. The van der Waals surface area contributed by atoms with E-state index >= 15 is 0 Å². The predicted octanol–water partition coefficient (Wildman–Crippen LogP) is 1.39. The summed E-state index contributed by atoms with van der Waals surface area (Å²) in [5.41, 5.74) is 5.92. The third-order valence-corrected chi connectivity index (χ3v) is 4.44. The maximum absolute atomic E-state index is 12.6. The molecule has 18 heavy (non-hydrogen) atoms. The SMILES string of the molecule is COCCN(C(=O)C1CCC(N)C1)C(C)C1CC1. The smallest absolute Gasteiger partial charge is 0.226 e. The normalized spacial score (nSPS) is 29.3. The fourth-order valence-corrected chi connectivity index (χ4v) is 3.01. The zero-order valence-electron chi connectivity index (χ0n) is 11.6. The van der Waals surface area contributed by atoms with Crippen LogP contribution in [0.2, 0.25) is 0 Å². The highest BCUT2D eigenvalue weighted by Gasteiger charge is 2.38. The molecule has 4 nitrogen and oxygen atoms in total. The molecule has 2 aliphatic rings. The van der Waals surface area contributed by atoms with E-state index in [1.807, 2.05) is 4.90 Å². The van der Waals surface area contributed by atoms with Crippen LogP contribution in [0.25, 0.3) is 0 Å². The number of carbonyl (C=O) groups is 1. The number of hydrogen-bond donors (Lipinski definition) is 1. The van der Waals surface area contributed by atoms with E-state index in [0.717, 1.165) is 25.8 Å². The van der Waals surface area contributed by atoms with E-state index in [1.54, 1.807) is 7.11 Å². The summed E-state index contributed by atoms with van der Waals surface area (Å²) in [6.45, 7) is 3.53. The molecule has 2 fully saturated rings. The van der Waals surface area contributed by atoms with Crippen LogP contribution in [0.3, 0.4) is 0 Å². The van der Waals surface area contributed by atoms with E-state index in [-0.39, 0.29) is 12.0 Å². The zero-order valence-corrected chi connectivity index (χ0v) is 11.6. The second-order valence-electron chi connectivity index (χ2n) is 5.87. The zero-order chi connectivity index (χ0) is 13.1. The number of nitrogens with zero attached hydrogens (tertiary/aromatic N) is 1. The first-order valence-electron chi connectivity index (χ1n) is 7.18. The molecular formula is C14H26N2O2. The Bertz CT molecular complexity index is 292. The first-order valence-corrected chi connectivity index (χ1v) is 7.18. The molecule has 0 saturated heterocycles. The second-order valence-corrected chi connectivity index (χ2v) is 5.87. The van der Waals surface area contributed by atoms with Crippen LogP contribution in [0.1, 0.15) is 39.0 Å². The van der Waals surface area contributed by atoms with Crippen molar-refractivity contribution in [2.24, 2.45) is 17.6 Å². The van der Waals surface area contributed by atoms with Crippen molar-refractivity contribution >= 4 is 5.91 Å². The van der Waals surface area contributed by atoms with Gasteiger partial charge in [-0.05, 0) is 44.9 Å². The molecule has 0 aromatic rings. The number of hydrogen-bond acceptors (Lipinski definition) is 3. The highest BCUT2D eigenvalue weighted by atomic mass is 16.5. The van der Waals surface area contributed by atoms with Gasteiger partial charge in [0.25, 0.3) is 0 Å². The Labute approximate surface area is 110 Å². The number of ether oxygens (including phenoxy) is 1. The monoisotopic (exact) mass is 254 g/mol. The van der Waals surface area contributed by atoms with Crippen LogP contribution in [0.5, 0.6) is 0 Å². The van der Waals surface area contributed by atoms with Crippen molar-refractivity contribution < 1.29 is 9.53 Å². The van der Waals surface area contributed by atoms with Gasteiger partial charge >= 0.3 is 0 Å². The summed E-state index contributed by atoms with van der Waals surface area (Å²) in [5.74, 6) is 1.17. The number of nitrogens with two attached hydrogens (primary N) is 1. The molecule has 0 aromatic heterocycles. The number of amides is 1. The van der Waals surface area contributed by atoms with Gasteiger partial charge in [0.2, 0.25) is 5.91 Å². The Morgan fingerprint density at radius 3 is 2.61 bits per heavy atom. The fraction of sp³-hybridized carbons (Fsp3) is 0.929. The standard InChI is InChI=1S/C14H26N2O2/c1-10(11-3-4-11)16(7-8-18-2)14(17)12-5-6-13(15)9-12/h10-13H,3-9,15H2,1-2H3. The number of carbonyl (C=O) groups excluding carboxylic acids is 1. The van der Waals surface area contributed by atoms with Crippen molar-refractivity contribution in [1.29, 1.82) is 0 Å². The maximum Gasteiger partial charge on any atom is 0.226 e. The molecule has 0 radical (unpaired) electrons. The van der Waals surface area contributed by atoms with E-state index < -0.39 is 0 Å². The van der Waals surface area contributed by atoms with Gasteiger partial charge in [-0.3, -0.25) is 4.79 Å². The van der Waals surface area contributed by atoms with Crippen molar-refractivity contribution in [2.45, 2.75) is 51.1 Å². The topological polar surface area (TPSA) is 55.6 Å². The number of methoxy groups -OCH3 is 1. The van der Waals surface area contributed by atoms with Gasteiger partial charge in [-0.15, -0.1) is 0 Å². The van der Waals surface area contributed by atoms with E-state index in [9.17, 15) is 4.79 Å². The number of rotatable bonds is 6. The minimum atomic E-state index is 0.151.